The molecule has 3 aliphatic rings. The highest BCUT2D eigenvalue weighted by molar-refractivity contribution is 6.06. The second-order valence-corrected chi connectivity index (χ2v) is 5.36. The molecule has 0 aromatic heterocycles. The van der Waals surface area contributed by atoms with Crippen LogP contribution in [0.5, 0.6) is 0 Å². The zero-order valence-corrected chi connectivity index (χ0v) is 10.1. The number of rotatable bonds is 3. The zero-order chi connectivity index (χ0) is 12.2. The van der Waals surface area contributed by atoms with Crippen LogP contribution in [0.4, 0.5) is 0 Å². The molecule has 3 heteroatoms. The molecule has 0 aromatic rings. The fourth-order valence-electron chi connectivity index (χ4n) is 3.81. The Bertz CT molecular complexity index is 438. The first kappa shape index (κ1) is 10.8. The van der Waals surface area contributed by atoms with Gasteiger partial charge in [0.05, 0.1) is 11.8 Å². The molecule has 0 spiro atoms. The summed E-state index contributed by atoms with van der Waals surface area (Å²) >= 11 is 0. The van der Waals surface area contributed by atoms with Gasteiger partial charge in [-0.3, -0.25) is 14.5 Å². The fraction of sp³-hybridized carbons (Fsp3) is 0.571. The first-order valence-corrected chi connectivity index (χ1v) is 6.28. The summed E-state index contributed by atoms with van der Waals surface area (Å²) in [7, 11) is 1.62. The molecule has 1 heterocycles. The van der Waals surface area contributed by atoms with Crippen molar-refractivity contribution in [2.75, 3.05) is 7.05 Å². The molecule has 4 unspecified atom stereocenters. The van der Waals surface area contributed by atoms with E-state index in [9.17, 15) is 9.59 Å². The summed E-state index contributed by atoms with van der Waals surface area (Å²) in [6, 6.07) is 0. The molecule has 0 aromatic carbocycles. The van der Waals surface area contributed by atoms with E-state index in [-0.39, 0.29) is 23.7 Å². The van der Waals surface area contributed by atoms with Crippen molar-refractivity contribution in [3.63, 3.8) is 0 Å². The van der Waals surface area contributed by atoms with E-state index in [2.05, 4.69) is 12.7 Å². The van der Waals surface area contributed by atoms with Crippen molar-refractivity contribution >= 4 is 11.8 Å². The molecule has 4 atom stereocenters. The van der Waals surface area contributed by atoms with E-state index >= 15 is 0 Å². The van der Waals surface area contributed by atoms with E-state index in [1.807, 2.05) is 6.08 Å². The van der Waals surface area contributed by atoms with Gasteiger partial charge < -0.3 is 0 Å². The SMILES string of the molecule is C=CCCC1=CC2CC1C1C(=O)N(C)C(=O)C21. The predicted molar refractivity (Wildman–Crippen MR) is 63.9 cm³/mol. The van der Waals surface area contributed by atoms with Gasteiger partial charge in [-0.15, -0.1) is 6.58 Å². The van der Waals surface area contributed by atoms with Crippen LogP contribution in [0.2, 0.25) is 0 Å². The molecule has 1 saturated heterocycles. The Balaban J connectivity index is 1.88. The molecule has 3 rings (SSSR count). The highest BCUT2D eigenvalue weighted by atomic mass is 16.2. The van der Waals surface area contributed by atoms with Gasteiger partial charge in [-0.2, -0.15) is 0 Å². The van der Waals surface area contributed by atoms with Crippen LogP contribution in [0, 0.1) is 23.7 Å². The Morgan fingerprint density at radius 3 is 2.82 bits per heavy atom. The minimum absolute atomic E-state index is 0.0338. The molecular formula is C14H17NO2. The Labute approximate surface area is 101 Å². The molecule has 0 N–H and O–H groups in total. The van der Waals surface area contributed by atoms with E-state index in [1.54, 1.807) is 7.05 Å². The second-order valence-electron chi connectivity index (χ2n) is 5.36. The van der Waals surface area contributed by atoms with Gasteiger partial charge in [0.2, 0.25) is 11.8 Å². The second kappa shape index (κ2) is 3.56. The third-order valence-corrected chi connectivity index (χ3v) is 4.58. The highest BCUT2D eigenvalue weighted by Crippen LogP contribution is 2.56. The first-order chi connectivity index (χ1) is 8.15. The van der Waals surface area contributed by atoms with Crippen molar-refractivity contribution in [1.82, 2.24) is 4.90 Å². The summed E-state index contributed by atoms with van der Waals surface area (Å²) < 4.78 is 0. The minimum Gasteiger partial charge on any atom is -0.285 e. The molecule has 3 nitrogen and oxygen atoms in total. The summed E-state index contributed by atoms with van der Waals surface area (Å²) in [4.78, 5) is 25.4. The number of carbonyl (C=O) groups is 2. The van der Waals surface area contributed by atoms with Crippen molar-refractivity contribution in [2.24, 2.45) is 23.7 Å². The number of imide groups is 1. The highest BCUT2D eigenvalue weighted by Gasteiger charge is 2.60. The van der Waals surface area contributed by atoms with Crippen LogP contribution in [-0.4, -0.2) is 23.8 Å². The lowest BCUT2D eigenvalue weighted by Crippen LogP contribution is -2.28. The van der Waals surface area contributed by atoms with Gasteiger partial charge in [-0.25, -0.2) is 0 Å². The molecule has 0 radical (unpaired) electrons. The average Bonchev–Trinajstić information content (AvgIpc) is 2.95. The van der Waals surface area contributed by atoms with Crippen molar-refractivity contribution < 1.29 is 9.59 Å². The standard InChI is InChI=1S/C14H17NO2/c1-3-4-5-8-6-9-7-10(8)12-11(9)13(16)15(2)14(12)17/h3,6,9-12H,1,4-5,7H2,2H3. The van der Waals surface area contributed by atoms with Gasteiger partial charge >= 0.3 is 0 Å². The number of amides is 2. The summed E-state index contributed by atoms with van der Waals surface area (Å²) in [5.74, 6) is 0.605. The van der Waals surface area contributed by atoms with E-state index in [4.69, 9.17) is 0 Å². The van der Waals surface area contributed by atoms with Gasteiger partial charge in [0.1, 0.15) is 0 Å². The summed E-state index contributed by atoms with van der Waals surface area (Å²) in [6.45, 7) is 3.73. The number of hydrogen-bond acceptors (Lipinski definition) is 2. The van der Waals surface area contributed by atoms with Crippen molar-refractivity contribution in [3.05, 3.63) is 24.3 Å². The molecule has 90 valence electrons. The van der Waals surface area contributed by atoms with Crippen molar-refractivity contribution in [1.29, 1.82) is 0 Å². The maximum Gasteiger partial charge on any atom is 0.233 e. The third kappa shape index (κ3) is 1.28. The van der Waals surface area contributed by atoms with E-state index in [1.165, 1.54) is 10.5 Å². The number of likely N-dealkylation sites (tertiary alicyclic amines) is 1. The van der Waals surface area contributed by atoms with E-state index in [0.717, 1.165) is 19.3 Å². The number of nitrogens with zero attached hydrogens (tertiary/aromatic N) is 1. The summed E-state index contributed by atoms with van der Waals surface area (Å²) in [5, 5.41) is 0. The van der Waals surface area contributed by atoms with Crippen LogP contribution >= 0.6 is 0 Å². The number of hydrogen-bond donors (Lipinski definition) is 0. The van der Waals surface area contributed by atoms with Crippen LogP contribution in [-0.2, 0) is 9.59 Å². The molecule has 2 fully saturated rings. The molecule has 2 aliphatic carbocycles. The third-order valence-electron chi connectivity index (χ3n) is 4.58. The Morgan fingerprint density at radius 2 is 2.12 bits per heavy atom. The smallest absolute Gasteiger partial charge is 0.233 e. The van der Waals surface area contributed by atoms with Crippen LogP contribution in [0.25, 0.3) is 0 Å². The fourth-order valence-corrected chi connectivity index (χ4v) is 3.81. The number of fused-ring (bicyclic) bond motifs is 5. The molecular weight excluding hydrogens is 214 g/mol. The monoisotopic (exact) mass is 231 g/mol. The zero-order valence-electron chi connectivity index (χ0n) is 10.1. The van der Waals surface area contributed by atoms with Crippen LogP contribution in [0.3, 0.4) is 0 Å². The minimum atomic E-state index is -0.0534. The average molecular weight is 231 g/mol. The van der Waals surface area contributed by atoms with Crippen LogP contribution < -0.4 is 0 Å². The Kier molecular flexibility index (Phi) is 2.25. The molecule has 17 heavy (non-hydrogen) atoms. The summed E-state index contributed by atoms with van der Waals surface area (Å²) in [6.07, 6.45) is 7.13. The molecule has 2 amide bonds. The lowest BCUT2D eigenvalue weighted by Gasteiger charge is -2.21. The summed E-state index contributed by atoms with van der Waals surface area (Å²) in [5.41, 5.74) is 1.38. The maximum absolute atomic E-state index is 12.1. The van der Waals surface area contributed by atoms with Gasteiger partial charge in [0.15, 0.2) is 0 Å². The number of carbonyl (C=O) groups excluding carboxylic acids is 2. The van der Waals surface area contributed by atoms with Crippen LogP contribution in [0.1, 0.15) is 19.3 Å². The van der Waals surface area contributed by atoms with Gasteiger partial charge in [0, 0.05) is 7.05 Å². The first-order valence-electron chi connectivity index (χ1n) is 6.28. The Morgan fingerprint density at radius 1 is 1.41 bits per heavy atom. The van der Waals surface area contributed by atoms with E-state index < -0.39 is 0 Å². The number of allylic oxidation sites excluding steroid dienone is 3. The molecule has 1 aliphatic heterocycles. The van der Waals surface area contributed by atoms with Gasteiger partial charge in [-0.05, 0) is 31.1 Å². The largest absolute Gasteiger partial charge is 0.285 e. The van der Waals surface area contributed by atoms with Gasteiger partial charge in [-0.1, -0.05) is 17.7 Å². The predicted octanol–water partition coefficient (Wildman–Crippen LogP) is 1.76. The van der Waals surface area contributed by atoms with Gasteiger partial charge in [0.25, 0.3) is 0 Å². The topological polar surface area (TPSA) is 37.4 Å². The molecule has 2 bridgehead atoms. The maximum atomic E-state index is 12.1. The normalized spacial score (nSPS) is 38.6. The van der Waals surface area contributed by atoms with Crippen LogP contribution in [0.15, 0.2) is 24.3 Å². The lowest BCUT2D eigenvalue weighted by molar-refractivity contribution is -0.139. The quantitative estimate of drug-likeness (QED) is 0.548. The molecule has 1 saturated carbocycles. The van der Waals surface area contributed by atoms with Crippen molar-refractivity contribution in [2.45, 2.75) is 19.3 Å². The van der Waals surface area contributed by atoms with E-state index in [0.29, 0.717) is 11.8 Å². The van der Waals surface area contributed by atoms with Crippen molar-refractivity contribution in [3.8, 4) is 0 Å². The Hall–Kier alpha value is -1.38. The lowest BCUT2D eigenvalue weighted by atomic mass is 9.80.